The molecule has 1 amide bonds. The highest BCUT2D eigenvalue weighted by Crippen LogP contribution is 2.18. The van der Waals surface area contributed by atoms with Crippen LogP contribution in [0.25, 0.3) is 0 Å². The zero-order valence-electron chi connectivity index (χ0n) is 19.0. The van der Waals surface area contributed by atoms with E-state index in [-0.39, 0.29) is 18.6 Å². The zero-order chi connectivity index (χ0) is 21.9. The van der Waals surface area contributed by atoms with E-state index in [1.54, 1.807) is 13.3 Å². The lowest BCUT2D eigenvalue weighted by Crippen LogP contribution is -2.35. The summed E-state index contributed by atoms with van der Waals surface area (Å²) in [5.41, 5.74) is 1.90. The van der Waals surface area contributed by atoms with Gasteiger partial charge >= 0.3 is 0 Å². The SMILES string of the molecule is COc1ccc(CN(Cc2ccccn2)C(=O)COC(CC(C)C)CC(C)C)cc1. The van der Waals surface area contributed by atoms with Crippen molar-refractivity contribution in [2.45, 2.75) is 59.7 Å². The Balaban J connectivity index is 2.08. The van der Waals surface area contributed by atoms with Crippen LogP contribution in [-0.2, 0) is 22.6 Å². The lowest BCUT2D eigenvalue weighted by Gasteiger charge is -2.26. The number of hydrogen-bond donors (Lipinski definition) is 0. The average Bonchev–Trinajstić information content (AvgIpc) is 2.72. The highest BCUT2D eigenvalue weighted by molar-refractivity contribution is 5.77. The Labute approximate surface area is 181 Å². The van der Waals surface area contributed by atoms with E-state index in [0.29, 0.717) is 24.9 Å². The molecule has 0 bridgehead atoms. The van der Waals surface area contributed by atoms with Gasteiger partial charge in [0.25, 0.3) is 0 Å². The van der Waals surface area contributed by atoms with Gasteiger partial charge in [-0.3, -0.25) is 9.78 Å². The summed E-state index contributed by atoms with van der Waals surface area (Å²) in [7, 11) is 1.65. The van der Waals surface area contributed by atoms with Crippen LogP contribution in [0, 0.1) is 11.8 Å². The summed E-state index contributed by atoms with van der Waals surface area (Å²) >= 11 is 0. The van der Waals surface area contributed by atoms with Crippen molar-refractivity contribution in [1.29, 1.82) is 0 Å². The summed E-state index contributed by atoms with van der Waals surface area (Å²) in [6.07, 6.45) is 3.78. The minimum Gasteiger partial charge on any atom is -0.497 e. The first kappa shape index (κ1) is 23.9. The molecule has 0 fully saturated rings. The van der Waals surface area contributed by atoms with E-state index in [0.717, 1.165) is 29.8 Å². The minimum absolute atomic E-state index is 0.0195. The number of pyridine rings is 1. The maximum atomic E-state index is 13.1. The van der Waals surface area contributed by atoms with E-state index < -0.39 is 0 Å². The Kier molecular flexibility index (Phi) is 9.81. The number of aromatic nitrogens is 1. The van der Waals surface area contributed by atoms with Gasteiger partial charge in [-0.15, -0.1) is 0 Å². The molecule has 0 aliphatic rings. The van der Waals surface area contributed by atoms with Crippen LogP contribution in [0.5, 0.6) is 5.75 Å². The summed E-state index contributed by atoms with van der Waals surface area (Å²) in [5.74, 6) is 1.85. The van der Waals surface area contributed by atoms with Crippen molar-refractivity contribution in [3.8, 4) is 5.75 Å². The predicted molar refractivity (Wildman–Crippen MR) is 120 cm³/mol. The average molecular weight is 413 g/mol. The molecular weight excluding hydrogens is 376 g/mol. The van der Waals surface area contributed by atoms with Crippen LogP contribution in [-0.4, -0.2) is 35.6 Å². The monoisotopic (exact) mass is 412 g/mol. The fourth-order valence-electron chi connectivity index (χ4n) is 3.44. The largest absolute Gasteiger partial charge is 0.497 e. The second kappa shape index (κ2) is 12.3. The number of rotatable bonds is 12. The second-order valence-corrected chi connectivity index (χ2v) is 8.61. The van der Waals surface area contributed by atoms with Crippen LogP contribution in [0.3, 0.4) is 0 Å². The lowest BCUT2D eigenvalue weighted by atomic mass is 9.98. The molecule has 1 heterocycles. The number of nitrogens with zero attached hydrogens (tertiary/aromatic N) is 2. The van der Waals surface area contributed by atoms with E-state index in [1.807, 2.05) is 47.4 Å². The van der Waals surface area contributed by atoms with Crippen LogP contribution in [0.1, 0.15) is 51.8 Å². The Morgan fingerprint density at radius 3 is 2.17 bits per heavy atom. The number of methoxy groups -OCH3 is 1. The standard InChI is InChI=1S/C25H36N2O3/c1-19(2)14-24(15-20(3)4)30-18-25(28)27(17-22-8-6-7-13-26-22)16-21-9-11-23(29-5)12-10-21/h6-13,19-20,24H,14-18H2,1-5H3. The quantitative estimate of drug-likeness (QED) is 0.487. The van der Waals surface area contributed by atoms with Gasteiger partial charge in [0.1, 0.15) is 12.4 Å². The number of carbonyl (C=O) groups excluding carboxylic acids is 1. The minimum atomic E-state index is -0.0195. The molecule has 164 valence electrons. The number of hydrogen-bond acceptors (Lipinski definition) is 4. The molecule has 5 nitrogen and oxygen atoms in total. The highest BCUT2D eigenvalue weighted by atomic mass is 16.5. The summed E-state index contributed by atoms with van der Waals surface area (Å²) < 4.78 is 11.3. The van der Waals surface area contributed by atoms with Crippen molar-refractivity contribution in [2.24, 2.45) is 11.8 Å². The lowest BCUT2D eigenvalue weighted by molar-refractivity contribution is -0.140. The Bertz CT molecular complexity index is 735. The molecule has 0 spiro atoms. The first-order valence-corrected chi connectivity index (χ1v) is 10.8. The van der Waals surface area contributed by atoms with Gasteiger partial charge < -0.3 is 14.4 Å². The highest BCUT2D eigenvalue weighted by Gasteiger charge is 2.19. The third kappa shape index (κ3) is 8.54. The van der Waals surface area contributed by atoms with Gasteiger partial charge in [-0.2, -0.15) is 0 Å². The van der Waals surface area contributed by atoms with Crippen LogP contribution in [0.2, 0.25) is 0 Å². The number of carbonyl (C=O) groups is 1. The van der Waals surface area contributed by atoms with Gasteiger partial charge in [-0.05, 0) is 54.5 Å². The summed E-state index contributed by atoms with van der Waals surface area (Å²) in [6, 6.07) is 13.6. The van der Waals surface area contributed by atoms with Crippen molar-refractivity contribution >= 4 is 5.91 Å². The van der Waals surface area contributed by atoms with Crippen molar-refractivity contribution in [2.75, 3.05) is 13.7 Å². The van der Waals surface area contributed by atoms with Gasteiger partial charge in [0, 0.05) is 12.7 Å². The maximum Gasteiger partial charge on any atom is 0.249 e. The summed E-state index contributed by atoms with van der Waals surface area (Å²) in [6.45, 7) is 9.80. The molecule has 1 aromatic carbocycles. The van der Waals surface area contributed by atoms with Gasteiger partial charge in [-0.25, -0.2) is 0 Å². The van der Waals surface area contributed by atoms with Crippen molar-refractivity contribution in [1.82, 2.24) is 9.88 Å². The molecule has 2 aromatic rings. The molecule has 0 saturated heterocycles. The van der Waals surface area contributed by atoms with E-state index in [4.69, 9.17) is 9.47 Å². The van der Waals surface area contributed by atoms with E-state index >= 15 is 0 Å². The number of amides is 1. The first-order valence-electron chi connectivity index (χ1n) is 10.8. The number of benzene rings is 1. The Morgan fingerprint density at radius 1 is 0.967 bits per heavy atom. The van der Waals surface area contributed by atoms with Gasteiger partial charge in [0.15, 0.2) is 0 Å². The van der Waals surface area contributed by atoms with E-state index in [2.05, 4.69) is 32.7 Å². The van der Waals surface area contributed by atoms with Crippen LogP contribution in [0.15, 0.2) is 48.7 Å². The Hall–Kier alpha value is -2.40. The summed E-state index contributed by atoms with van der Waals surface area (Å²) in [4.78, 5) is 19.3. The predicted octanol–water partition coefficient (Wildman–Crippen LogP) is 5.10. The van der Waals surface area contributed by atoms with Gasteiger partial charge in [0.2, 0.25) is 5.91 Å². The van der Waals surface area contributed by atoms with Gasteiger partial charge in [0.05, 0.1) is 25.5 Å². The fraction of sp³-hybridized carbons (Fsp3) is 0.520. The van der Waals surface area contributed by atoms with Crippen molar-refractivity contribution in [3.63, 3.8) is 0 Å². The topological polar surface area (TPSA) is 51.7 Å². The molecule has 0 aliphatic carbocycles. The summed E-state index contributed by atoms with van der Waals surface area (Å²) in [5, 5.41) is 0. The molecule has 5 heteroatoms. The molecule has 0 unspecified atom stereocenters. The molecule has 0 radical (unpaired) electrons. The molecule has 0 atom stereocenters. The number of ether oxygens (including phenoxy) is 2. The zero-order valence-corrected chi connectivity index (χ0v) is 19.0. The van der Waals surface area contributed by atoms with E-state index in [1.165, 1.54) is 0 Å². The molecule has 2 rings (SSSR count). The van der Waals surface area contributed by atoms with Crippen molar-refractivity contribution in [3.05, 3.63) is 59.9 Å². The molecule has 0 aliphatic heterocycles. The van der Waals surface area contributed by atoms with Crippen LogP contribution < -0.4 is 4.74 Å². The molecule has 0 saturated carbocycles. The van der Waals surface area contributed by atoms with Crippen LogP contribution >= 0.6 is 0 Å². The molecule has 0 N–H and O–H groups in total. The second-order valence-electron chi connectivity index (χ2n) is 8.61. The van der Waals surface area contributed by atoms with Crippen LogP contribution in [0.4, 0.5) is 0 Å². The van der Waals surface area contributed by atoms with E-state index in [9.17, 15) is 4.79 Å². The third-order valence-electron chi connectivity index (χ3n) is 4.88. The van der Waals surface area contributed by atoms with Gasteiger partial charge in [-0.1, -0.05) is 45.9 Å². The Morgan fingerprint density at radius 2 is 1.63 bits per heavy atom. The normalized spacial score (nSPS) is 11.3. The van der Waals surface area contributed by atoms with Crippen molar-refractivity contribution < 1.29 is 14.3 Å². The maximum absolute atomic E-state index is 13.1. The smallest absolute Gasteiger partial charge is 0.249 e. The molecule has 1 aromatic heterocycles. The molecular formula is C25H36N2O3. The first-order chi connectivity index (χ1) is 14.4. The molecule has 30 heavy (non-hydrogen) atoms. The fourth-order valence-corrected chi connectivity index (χ4v) is 3.44. The third-order valence-corrected chi connectivity index (χ3v) is 4.88.